The van der Waals surface area contributed by atoms with Gasteiger partial charge in [0.05, 0.1) is 12.0 Å². The van der Waals surface area contributed by atoms with Crippen molar-refractivity contribution in [1.82, 2.24) is 20.2 Å². The molecular formula is C10H18N4O. The van der Waals surface area contributed by atoms with Gasteiger partial charge in [0.15, 0.2) is 0 Å². The second-order valence-corrected chi connectivity index (χ2v) is 3.36. The summed E-state index contributed by atoms with van der Waals surface area (Å²) < 4.78 is 1.85. The van der Waals surface area contributed by atoms with Crippen LogP contribution >= 0.6 is 0 Å². The van der Waals surface area contributed by atoms with Gasteiger partial charge in [0.25, 0.3) is 0 Å². The summed E-state index contributed by atoms with van der Waals surface area (Å²) in [6.45, 7) is 4.18. The Morgan fingerprint density at radius 3 is 3.07 bits per heavy atom. The highest BCUT2D eigenvalue weighted by Crippen LogP contribution is 1.98. The lowest BCUT2D eigenvalue weighted by Crippen LogP contribution is -2.25. The van der Waals surface area contributed by atoms with E-state index >= 15 is 0 Å². The zero-order chi connectivity index (χ0) is 11.1. The van der Waals surface area contributed by atoms with E-state index in [1.165, 1.54) is 0 Å². The van der Waals surface area contributed by atoms with E-state index in [1.54, 1.807) is 19.6 Å². The molecule has 1 rings (SSSR count). The second kappa shape index (κ2) is 6.19. The molecule has 0 saturated heterocycles. The molecule has 0 atom stereocenters. The van der Waals surface area contributed by atoms with E-state index in [0.717, 1.165) is 25.2 Å². The third kappa shape index (κ3) is 3.71. The van der Waals surface area contributed by atoms with Crippen molar-refractivity contribution >= 4 is 5.91 Å². The first-order valence-corrected chi connectivity index (χ1v) is 5.18. The van der Waals surface area contributed by atoms with E-state index in [0.29, 0.717) is 6.54 Å². The number of hydrogen-bond donors (Lipinski definition) is 2. The van der Waals surface area contributed by atoms with Crippen molar-refractivity contribution in [2.75, 3.05) is 13.6 Å². The van der Waals surface area contributed by atoms with Crippen molar-refractivity contribution in [2.24, 2.45) is 0 Å². The van der Waals surface area contributed by atoms with Gasteiger partial charge in [-0.2, -0.15) is 0 Å². The summed E-state index contributed by atoms with van der Waals surface area (Å²) in [5.41, 5.74) is 1.03. The molecule has 5 heteroatoms. The molecule has 0 radical (unpaired) electrons. The molecule has 15 heavy (non-hydrogen) atoms. The molecule has 1 aromatic rings. The van der Waals surface area contributed by atoms with Crippen LogP contribution < -0.4 is 10.6 Å². The zero-order valence-electron chi connectivity index (χ0n) is 9.29. The molecule has 5 nitrogen and oxygen atoms in total. The molecule has 1 aromatic heterocycles. The van der Waals surface area contributed by atoms with Crippen molar-refractivity contribution in [2.45, 2.75) is 26.4 Å². The summed E-state index contributed by atoms with van der Waals surface area (Å²) in [7, 11) is 1.63. The Morgan fingerprint density at radius 2 is 2.40 bits per heavy atom. The summed E-state index contributed by atoms with van der Waals surface area (Å²) >= 11 is 0. The number of amides is 1. The lowest BCUT2D eigenvalue weighted by atomic mass is 10.4. The molecule has 84 valence electrons. The quantitative estimate of drug-likeness (QED) is 0.656. The SMILES string of the molecule is CCCNCc1cncn1CC(=O)NC. The fourth-order valence-electron chi connectivity index (χ4n) is 1.26. The summed E-state index contributed by atoms with van der Waals surface area (Å²) in [6, 6.07) is 0. The van der Waals surface area contributed by atoms with E-state index in [2.05, 4.69) is 22.5 Å². The first kappa shape index (κ1) is 11.7. The summed E-state index contributed by atoms with van der Waals surface area (Å²) in [6.07, 6.45) is 4.56. The van der Waals surface area contributed by atoms with Crippen molar-refractivity contribution in [3.63, 3.8) is 0 Å². The number of carbonyl (C=O) groups is 1. The topological polar surface area (TPSA) is 59.0 Å². The van der Waals surface area contributed by atoms with E-state index < -0.39 is 0 Å². The predicted octanol–water partition coefficient (Wildman–Crippen LogP) is 0.129. The van der Waals surface area contributed by atoms with Crippen LogP contribution in [0.5, 0.6) is 0 Å². The molecule has 0 aromatic carbocycles. The van der Waals surface area contributed by atoms with Crippen LogP contribution in [-0.4, -0.2) is 29.1 Å². The van der Waals surface area contributed by atoms with Gasteiger partial charge in [0.1, 0.15) is 6.54 Å². The van der Waals surface area contributed by atoms with Gasteiger partial charge in [-0.15, -0.1) is 0 Å². The average molecular weight is 210 g/mol. The lowest BCUT2D eigenvalue weighted by molar-refractivity contribution is -0.121. The number of hydrogen-bond acceptors (Lipinski definition) is 3. The minimum atomic E-state index is -0.00950. The fourth-order valence-corrected chi connectivity index (χ4v) is 1.26. The van der Waals surface area contributed by atoms with E-state index in [-0.39, 0.29) is 5.91 Å². The first-order chi connectivity index (χ1) is 7.27. The maximum atomic E-state index is 11.2. The number of carbonyl (C=O) groups excluding carboxylic acids is 1. The number of imidazole rings is 1. The average Bonchev–Trinajstić information content (AvgIpc) is 2.66. The van der Waals surface area contributed by atoms with E-state index in [1.807, 2.05) is 4.57 Å². The Labute approximate surface area is 89.9 Å². The minimum Gasteiger partial charge on any atom is -0.358 e. The standard InChI is InChI=1S/C10H18N4O/c1-3-4-12-5-9-6-13-8-14(9)7-10(15)11-2/h6,8,12H,3-5,7H2,1-2H3,(H,11,15). The summed E-state index contributed by atoms with van der Waals surface area (Å²) in [5, 5.41) is 5.87. The number of nitrogens with one attached hydrogen (secondary N) is 2. The number of nitrogens with zero attached hydrogens (tertiary/aromatic N) is 2. The Kier molecular flexibility index (Phi) is 4.83. The highest BCUT2D eigenvalue weighted by atomic mass is 16.1. The van der Waals surface area contributed by atoms with Crippen molar-refractivity contribution < 1.29 is 4.79 Å². The fraction of sp³-hybridized carbons (Fsp3) is 0.600. The molecule has 0 spiro atoms. The van der Waals surface area contributed by atoms with Crippen LogP contribution in [0, 0.1) is 0 Å². The van der Waals surface area contributed by atoms with E-state index in [4.69, 9.17) is 0 Å². The Bertz CT molecular complexity index is 308. The van der Waals surface area contributed by atoms with Crippen LogP contribution in [0.15, 0.2) is 12.5 Å². The second-order valence-electron chi connectivity index (χ2n) is 3.36. The molecule has 0 fully saturated rings. The zero-order valence-corrected chi connectivity index (χ0v) is 9.29. The molecular weight excluding hydrogens is 192 g/mol. The van der Waals surface area contributed by atoms with Crippen LogP contribution in [-0.2, 0) is 17.9 Å². The van der Waals surface area contributed by atoms with Gasteiger partial charge in [-0.3, -0.25) is 4.79 Å². The van der Waals surface area contributed by atoms with Crippen LogP contribution in [0.1, 0.15) is 19.0 Å². The molecule has 1 amide bonds. The van der Waals surface area contributed by atoms with Crippen LogP contribution in [0.3, 0.4) is 0 Å². The van der Waals surface area contributed by atoms with Crippen LogP contribution in [0.25, 0.3) is 0 Å². The first-order valence-electron chi connectivity index (χ1n) is 5.18. The smallest absolute Gasteiger partial charge is 0.239 e. The number of aromatic nitrogens is 2. The monoisotopic (exact) mass is 210 g/mol. The number of rotatable bonds is 6. The molecule has 0 unspecified atom stereocenters. The van der Waals surface area contributed by atoms with Gasteiger partial charge in [-0.1, -0.05) is 6.92 Å². The van der Waals surface area contributed by atoms with Gasteiger partial charge < -0.3 is 15.2 Å². The summed E-state index contributed by atoms with van der Waals surface area (Å²) in [4.78, 5) is 15.2. The van der Waals surface area contributed by atoms with Gasteiger partial charge in [0, 0.05) is 19.8 Å². The van der Waals surface area contributed by atoms with Crippen LogP contribution in [0.4, 0.5) is 0 Å². The normalized spacial score (nSPS) is 10.3. The molecule has 0 bridgehead atoms. The molecule has 0 aliphatic carbocycles. The van der Waals surface area contributed by atoms with E-state index in [9.17, 15) is 4.79 Å². The maximum Gasteiger partial charge on any atom is 0.239 e. The highest BCUT2D eigenvalue weighted by Gasteiger charge is 2.04. The highest BCUT2D eigenvalue weighted by molar-refractivity contribution is 5.75. The molecule has 0 saturated carbocycles. The van der Waals surface area contributed by atoms with Gasteiger partial charge in [-0.05, 0) is 13.0 Å². The van der Waals surface area contributed by atoms with Crippen molar-refractivity contribution in [1.29, 1.82) is 0 Å². The van der Waals surface area contributed by atoms with Crippen molar-refractivity contribution in [3.05, 3.63) is 18.2 Å². The Balaban J connectivity index is 2.49. The third-order valence-corrected chi connectivity index (χ3v) is 2.12. The summed E-state index contributed by atoms with van der Waals surface area (Å²) in [5.74, 6) is -0.00950. The van der Waals surface area contributed by atoms with Crippen LogP contribution in [0.2, 0.25) is 0 Å². The molecule has 1 heterocycles. The lowest BCUT2D eigenvalue weighted by Gasteiger charge is -2.07. The Morgan fingerprint density at radius 1 is 1.60 bits per heavy atom. The maximum absolute atomic E-state index is 11.2. The third-order valence-electron chi connectivity index (χ3n) is 2.12. The minimum absolute atomic E-state index is 0.00950. The van der Waals surface area contributed by atoms with Gasteiger partial charge in [-0.25, -0.2) is 4.98 Å². The predicted molar refractivity (Wildman–Crippen MR) is 58.3 cm³/mol. The van der Waals surface area contributed by atoms with Gasteiger partial charge in [0.2, 0.25) is 5.91 Å². The Hall–Kier alpha value is -1.36. The largest absolute Gasteiger partial charge is 0.358 e. The van der Waals surface area contributed by atoms with Crippen molar-refractivity contribution in [3.8, 4) is 0 Å². The van der Waals surface area contributed by atoms with Gasteiger partial charge >= 0.3 is 0 Å². The molecule has 0 aliphatic heterocycles. The number of likely N-dealkylation sites (N-methyl/N-ethyl adjacent to an activating group) is 1. The molecule has 2 N–H and O–H groups in total. The molecule has 0 aliphatic rings.